The van der Waals surface area contributed by atoms with Crippen LogP contribution in [-0.4, -0.2) is 14.8 Å². The van der Waals surface area contributed by atoms with Crippen molar-refractivity contribution in [1.82, 2.24) is 14.8 Å². The SMILES string of the molecule is CC(Nc1ccc(-c2nncn2C)cc1)c1ccccc1. The topological polar surface area (TPSA) is 42.7 Å². The van der Waals surface area contributed by atoms with Crippen LogP contribution in [0.3, 0.4) is 0 Å². The highest BCUT2D eigenvalue weighted by atomic mass is 15.2. The second-order valence-corrected chi connectivity index (χ2v) is 5.12. The van der Waals surface area contributed by atoms with E-state index in [0.717, 1.165) is 17.1 Å². The average Bonchev–Trinajstić information content (AvgIpc) is 2.95. The standard InChI is InChI=1S/C17H18N4/c1-13(14-6-4-3-5-7-14)19-16-10-8-15(9-11-16)17-20-18-12-21(17)2/h3-13,19H,1-2H3. The number of hydrogen-bond acceptors (Lipinski definition) is 3. The molecule has 0 spiro atoms. The highest BCUT2D eigenvalue weighted by Crippen LogP contribution is 2.22. The highest BCUT2D eigenvalue weighted by Gasteiger charge is 2.06. The molecule has 2 aromatic carbocycles. The molecule has 1 aromatic heterocycles. The van der Waals surface area contributed by atoms with Crippen LogP contribution in [0.25, 0.3) is 11.4 Å². The summed E-state index contributed by atoms with van der Waals surface area (Å²) < 4.78 is 1.91. The summed E-state index contributed by atoms with van der Waals surface area (Å²) >= 11 is 0. The summed E-state index contributed by atoms with van der Waals surface area (Å²) in [7, 11) is 1.94. The number of benzene rings is 2. The maximum absolute atomic E-state index is 4.12. The number of nitrogens with zero attached hydrogens (tertiary/aromatic N) is 3. The zero-order valence-electron chi connectivity index (χ0n) is 12.2. The lowest BCUT2D eigenvalue weighted by atomic mass is 10.1. The summed E-state index contributed by atoms with van der Waals surface area (Å²) in [5, 5.41) is 11.5. The van der Waals surface area contributed by atoms with Gasteiger partial charge < -0.3 is 9.88 Å². The summed E-state index contributed by atoms with van der Waals surface area (Å²) in [6.45, 7) is 2.16. The molecule has 0 saturated heterocycles. The van der Waals surface area contributed by atoms with Gasteiger partial charge in [0.05, 0.1) is 0 Å². The van der Waals surface area contributed by atoms with Crippen LogP contribution in [0.15, 0.2) is 60.9 Å². The van der Waals surface area contributed by atoms with Crippen LogP contribution in [0.1, 0.15) is 18.5 Å². The minimum Gasteiger partial charge on any atom is -0.379 e. The molecule has 0 bridgehead atoms. The number of aryl methyl sites for hydroxylation is 1. The molecular formula is C17H18N4. The molecule has 3 rings (SSSR count). The molecular weight excluding hydrogens is 260 g/mol. The minimum atomic E-state index is 0.270. The third-order valence-electron chi connectivity index (χ3n) is 3.54. The van der Waals surface area contributed by atoms with E-state index in [1.165, 1.54) is 5.56 Å². The first kappa shape index (κ1) is 13.4. The lowest BCUT2D eigenvalue weighted by Crippen LogP contribution is -2.06. The van der Waals surface area contributed by atoms with Gasteiger partial charge in [-0.05, 0) is 36.8 Å². The Labute approximate surface area is 124 Å². The molecule has 1 unspecified atom stereocenters. The van der Waals surface area contributed by atoms with E-state index in [1.807, 2.05) is 17.7 Å². The van der Waals surface area contributed by atoms with Crippen molar-refractivity contribution in [2.45, 2.75) is 13.0 Å². The van der Waals surface area contributed by atoms with Crippen molar-refractivity contribution in [1.29, 1.82) is 0 Å². The number of aromatic nitrogens is 3. The monoisotopic (exact) mass is 278 g/mol. The summed E-state index contributed by atoms with van der Waals surface area (Å²) in [4.78, 5) is 0. The second-order valence-electron chi connectivity index (χ2n) is 5.12. The van der Waals surface area contributed by atoms with Crippen molar-refractivity contribution in [2.24, 2.45) is 7.05 Å². The van der Waals surface area contributed by atoms with Gasteiger partial charge in [-0.15, -0.1) is 10.2 Å². The molecule has 0 aliphatic heterocycles. The first-order valence-electron chi connectivity index (χ1n) is 7.00. The van der Waals surface area contributed by atoms with Crippen LogP contribution in [0, 0.1) is 0 Å². The predicted octanol–water partition coefficient (Wildman–Crippen LogP) is 3.66. The normalized spacial score (nSPS) is 12.1. The summed E-state index contributed by atoms with van der Waals surface area (Å²) in [5.41, 5.74) is 3.43. The van der Waals surface area contributed by atoms with Crippen LogP contribution in [0.2, 0.25) is 0 Å². The molecule has 0 saturated carbocycles. The molecule has 4 heteroatoms. The smallest absolute Gasteiger partial charge is 0.163 e. The van der Waals surface area contributed by atoms with Gasteiger partial charge in [-0.25, -0.2) is 0 Å². The molecule has 0 aliphatic carbocycles. The third-order valence-corrected chi connectivity index (χ3v) is 3.54. The molecule has 0 amide bonds. The van der Waals surface area contributed by atoms with Gasteiger partial charge >= 0.3 is 0 Å². The fourth-order valence-corrected chi connectivity index (χ4v) is 2.34. The van der Waals surface area contributed by atoms with E-state index >= 15 is 0 Å². The lowest BCUT2D eigenvalue weighted by Gasteiger charge is -2.15. The first-order chi connectivity index (χ1) is 10.2. The molecule has 0 radical (unpaired) electrons. The van der Waals surface area contributed by atoms with Gasteiger partial charge in [-0.1, -0.05) is 30.3 Å². The largest absolute Gasteiger partial charge is 0.379 e. The zero-order valence-corrected chi connectivity index (χ0v) is 12.2. The van der Waals surface area contributed by atoms with Crippen LogP contribution >= 0.6 is 0 Å². The Hall–Kier alpha value is -2.62. The van der Waals surface area contributed by atoms with Gasteiger partial charge in [0.1, 0.15) is 6.33 Å². The van der Waals surface area contributed by atoms with Crippen LogP contribution in [-0.2, 0) is 7.05 Å². The van der Waals surface area contributed by atoms with E-state index in [1.54, 1.807) is 6.33 Å². The van der Waals surface area contributed by atoms with E-state index < -0.39 is 0 Å². The van der Waals surface area contributed by atoms with Crippen molar-refractivity contribution in [3.63, 3.8) is 0 Å². The van der Waals surface area contributed by atoms with Gasteiger partial charge in [0.15, 0.2) is 5.82 Å². The fourth-order valence-electron chi connectivity index (χ4n) is 2.34. The number of nitrogens with one attached hydrogen (secondary N) is 1. The van der Waals surface area contributed by atoms with Crippen molar-refractivity contribution < 1.29 is 0 Å². The summed E-state index contributed by atoms with van der Waals surface area (Å²) in [5.74, 6) is 0.873. The molecule has 0 fully saturated rings. The Morgan fingerprint density at radius 3 is 2.33 bits per heavy atom. The van der Waals surface area contributed by atoms with E-state index in [4.69, 9.17) is 0 Å². The highest BCUT2D eigenvalue weighted by molar-refractivity contribution is 5.60. The molecule has 21 heavy (non-hydrogen) atoms. The maximum atomic E-state index is 4.12. The van der Waals surface area contributed by atoms with Gasteiger partial charge in [-0.2, -0.15) is 0 Å². The van der Waals surface area contributed by atoms with Crippen LogP contribution in [0.4, 0.5) is 5.69 Å². The Kier molecular flexibility index (Phi) is 3.69. The Balaban J connectivity index is 1.75. The van der Waals surface area contributed by atoms with E-state index in [2.05, 4.69) is 71.0 Å². The number of anilines is 1. The maximum Gasteiger partial charge on any atom is 0.163 e. The predicted molar refractivity (Wildman–Crippen MR) is 84.9 cm³/mol. The van der Waals surface area contributed by atoms with Crippen LogP contribution in [0.5, 0.6) is 0 Å². The minimum absolute atomic E-state index is 0.270. The third kappa shape index (κ3) is 2.94. The fraction of sp³-hybridized carbons (Fsp3) is 0.176. The molecule has 3 aromatic rings. The van der Waals surface area contributed by atoms with Gasteiger partial charge in [0, 0.05) is 24.3 Å². The molecule has 106 valence electrons. The van der Waals surface area contributed by atoms with Crippen LogP contribution < -0.4 is 5.32 Å². The first-order valence-corrected chi connectivity index (χ1v) is 7.00. The molecule has 1 N–H and O–H groups in total. The molecule has 1 atom stereocenters. The summed E-state index contributed by atoms with van der Waals surface area (Å²) in [6.07, 6.45) is 1.71. The van der Waals surface area contributed by atoms with Crippen molar-refractivity contribution in [3.8, 4) is 11.4 Å². The molecule has 1 heterocycles. The number of rotatable bonds is 4. The molecule has 0 aliphatic rings. The quantitative estimate of drug-likeness (QED) is 0.792. The zero-order chi connectivity index (χ0) is 14.7. The van der Waals surface area contributed by atoms with Crippen molar-refractivity contribution in [2.75, 3.05) is 5.32 Å². The number of hydrogen-bond donors (Lipinski definition) is 1. The van der Waals surface area contributed by atoms with Gasteiger partial charge in [-0.3, -0.25) is 0 Å². The molecule has 4 nitrogen and oxygen atoms in total. The van der Waals surface area contributed by atoms with Gasteiger partial charge in [0.2, 0.25) is 0 Å². The average molecular weight is 278 g/mol. The van der Waals surface area contributed by atoms with E-state index in [0.29, 0.717) is 0 Å². The van der Waals surface area contributed by atoms with Crippen molar-refractivity contribution in [3.05, 3.63) is 66.5 Å². The lowest BCUT2D eigenvalue weighted by molar-refractivity contribution is 0.884. The van der Waals surface area contributed by atoms with Crippen molar-refractivity contribution >= 4 is 5.69 Å². The second kappa shape index (κ2) is 5.79. The Bertz CT molecular complexity index is 701. The summed E-state index contributed by atoms with van der Waals surface area (Å²) in [6, 6.07) is 19.0. The Morgan fingerprint density at radius 2 is 1.71 bits per heavy atom. The van der Waals surface area contributed by atoms with Gasteiger partial charge in [0.25, 0.3) is 0 Å². The van der Waals surface area contributed by atoms with E-state index in [-0.39, 0.29) is 6.04 Å². The van der Waals surface area contributed by atoms with E-state index in [9.17, 15) is 0 Å². The Morgan fingerprint density at radius 1 is 1.00 bits per heavy atom.